The topological polar surface area (TPSA) is 6.48 Å². The monoisotopic (exact) mass is 244 g/mol. The molecule has 2 nitrogen and oxygen atoms in total. The third-order valence-corrected chi connectivity index (χ3v) is 4.20. The number of hydrogen-bond acceptors (Lipinski definition) is 3. The van der Waals surface area contributed by atoms with E-state index in [1.54, 1.807) is 0 Å². The van der Waals surface area contributed by atoms with E-state index in [0.29, 0.717) is 0 Å². The molecule has 0 aliphatic carbocycles. The molecule has 1 rings (SSSR count). The fraction of sp³-hybridized carbons (Fsp3) is 1.00. The van der Waals surface area contributed by atoms with Crippen molar-refractivity contribution in [2.45, 2.75) is 26.2 Å². The van der Waals surface area contributed by atoms with Crippen LogP contribution < -0.4 is 0 Å². The van der Waals surface area contributed by atoms with Crippen molar-refractivity contribution in [1.29, 1.82) is 0 Å². The van der Waals surface area contributed by atoms with Crippen molar-refractivity contribution in [2.24, 2.45) is 11.8 Å². The van der Waals surface area contributed by atoms with Crippen molar-refractivity contribution in [3.63, 3.8) is 0 Å². The molecule has 1 atom stereocenters. The van der Waals surface area contributed by atoms with Crippen LogP contribution in [0.3, 0.4) is 0 Å². The second-order valence-corrected chi connectivity index (χ2v) is 5.83. The lowest BCUT2D eigenvalue weighted by atomic mass is 9.95. The van der Waals surface area contributed by atoms with Crippen LogP contribution in [0.1, 0.15) is 26.2 Å². The van der Waals surface area contributed by atoms with E-state index in [2.05, 4.69) is 43.4 Å². The normalized spacial score (nSPS) is 21.6. The van der Waals surface area contributed by atoms with Crippen LogP contribution >= 0.6 is 12.6 Å². The van der Waals surface area contributed by atoms with Gasteiger partial charge in [-0.25, -0.2) is 0 Å². The highest BCUT2D eigenvalue weighted by Crippen LogP contribution is 2.19. The maximum atomic E-state index is 4.42. The van der Waals surface area contributed by atoms with E-state index >= 15 is 0 Å². The van der Waals surface area contributed by atoms with Gasteiger partial charge in [-0.3, -0.25) is 0 Å². The zero-order valence-electron chi connectivity index (χ0n) is 11.2. The minimum atomic E-state index is 0.786. The van der Waals surface area contributed by atoms with E-state index in [1.165, 1.54) is 45.4 Å². The molecule has 0 aromatic carbocycles. The van der Waals surface area contributed by atoms with E-state index in [0.717, 1.165) is 17.6 Å². The van der Waals surface area contributed by atoms with Gasteiger partial charge in [0.15, 0.2) is 0 Å². The molecule has 1 aliphatic heterocycles. The Morgan fingerprint density at radius 3 is 2.38 bits per heavy atom. The van der Waals surface area contributed by atoms with Gasteiger partial charge < -0.3 is 9.80 Å². The summed E-state index contributed by atoms with van der Waals surface area (Å²) in [7, 11) is 4.36. The van der Waals surface area contributed by atoms with E-state index in [-0.39, 0.29) is 0 Å². The van der Waals surface area contributed by atoms with E-state index in [4.69, 9.17) is 0 Å². The molecule has 1 fully saturated rings. The summed E-state index contributed by atoms with van der Waals surface area (Å²) in [4.78, 5) is 4.96. The Balaban J connectivity index is 2.21. The predicted octanol–water partition coefficient (Wildman–Crippen LogP) is 2.22. The summed E-state index contributed by atoms with van der Waals surface area (Å²) < 4.78 is 0. The van der Waals surface area contributed by atoms with Gasteiger partial charge in [0.1, 0.15) is 0 Å². The van der Waals surface area contributed by atoms with Crippen LogP contribution in [-0.2, 0) is 0 Å². The lowest BCUT2D eigenvalue weighted by Gasteiger charge is -2.34. The Morgan fingerprint density at radius 2 is 1.94 bits per heavy atom. The van der Waals surface area contributed by atoms with Crippen LogP contribution in [0.15, 0.2) is 0 Å². The van der Waals surface area contributed by atoms with E-state index in [9.17, 15) is 0 Å². The van der Waals surface area contributed by atoms with Crippen LogP contribution in [0.25, 0.3) is 0 Å². The lowest BCUT2D eigenvalue weighted by Crippen LogP contribution is -2.39. The Labute approximate surface area is 107 Å². The van der Waals surface area contributed by atoms with Crippen molar-refractivity contribution in [1.82, 2.24) is 9.80 Å². The third-order valence-electron chi connectivity index (χ3n) is 3.68. The molecule has 0 radical (unpaired) electrons. The summed E-state index contributed by atoms with van der Waals surface area (Å²) in [6.07, 6.45) is 4.02. The highest BCUT2D eigenvalue weighted by molar-refractivity contribution is 7.80. The molecular weight excluding hydrogens is 216 g/mol. The Hall–Kier alpha value is 0.270. The largest absolute Gasteiger partial charge is 0.309 e. The van der Waals surface area contributed by atoms with Gasteiger partial charge in [-0.2, -0.15) is 12.6 Å². The van der Waals surface area contributed by atoms with Gasteiger partial charge in [0.25, 0.3) is 0 Å². The second kappa shape index (κ2) is 7.57. The quantitative estimate of drug-likeness (QED) is 0.716. The molecule has 0 saturated carbocycles. The summed E-state index contributed by atoms with van der Waals surface area (Å²) in [5.74, 6) is 2.74. The molecule has 1 aliphatic rings. The van der Waals surface area contributed by atoms with Crippen molar-refractivity contribution < 1.29 is 0 Å². The molecule has 3 heteroatoms. The van der Waals surface area contributed by atoms with Gasteiger partial charge in [0, 0.05) is 13.1 Å². The summed E-state index contributed by atoms with van der Waals surface area (Å²) in [5, 5.41) is 0. The molecule has 0 bridgehead atoms. The van der Waals surface area contributed by atoms with Crippen LogP contribution in [0.4, 0.5) is 0 Å². The molecule has 0 aromatic rings. The molecule has 0 N–H and O–H groups in total. The maximum Gasteiger partial charge on any atom is 0.00174 e. The Kier molecular flexibility index (Phi) is 6.78. The minimum Gasteiger partial charge on any atom is -0.309 e. The van der Waals surface area contributed by atoms with Gasteiger partial charge in [0.2, 0.25) is 0 Å². The summed E-state index contributed by atoms with van der Waals surface area (Å²) in [6.45, 7) is 7.39. The van der Waals surface area contributed by atoms with Crippen molar-refractivity contribution in [3.8, 4) is 0 Å². The molecule has 0 amide bonds. The zero-order chi connectivity index (χ0) is 12.0. The first kappa shape index (κ1) is 14.3. The Bertz CT molecular complexity index is 173. The number of thiol groups is 1. The molecular formula is C13H28N2S. The number of hydrogen-bond donors (Lipinski definition) is 1. The van der Waals surface area contributed by atoms with Crippen LogP contribution in [0.5, 0.6) is 0 Å². The van der Waals surface area contributed by atoms with Crippen molar-refractivity contribution in [3.05, 3.63) is 0 Å². The number of likely N-dealkylation sites (tertiary alicyclic amines) is 1. The standard InChI is InChI=1S/C13H28N2S/c1-4-12(11-16)10-15-7-5-13(6-8-15)9-14(2)3/h12-13,16H,4-11H2,1-3H3. The molecule has 1 saturated heterocycles. The average molecular weight is 244 g/mol. The Morgan fingerprint density at radius 1 is 1.31 bits per heavy atom. The van der Waals surface area contributed by atoms with Crippen molar-refractivity contribution >= 4 is 12.6 Å². The van der Waals surface area contributed by atoms with Gasteiger partial charge >= 0.3 is 0 Å². The SMILES string of the molecule is CCC(CS)CN1CCC(CN(C)C)CC1. The molecule has 1 unspecified atom stereocenters. The smallest absolute Gasteiger partial charge is 0.00174 e. The molecule has 1 heterocycles. The van der Waals surface area contributed by atoms with Crippen molar-refractivity contribution in [2.75, 3.05) is 46.0 Å². The first-order valence-corrected chi connectivity index (χ1v) is 7.26. The van der Waals surface area contributed by atoms with Crippen LogP contribution in [0.2, 0.25) is 0 Å². The average Bonchev–Trinajstić information content (AvgIpc) is 2.27. The molecule has 16 heavy (non-hydrogen) atoms. The molecule has 96 valence electrons. The van der Waals surface area contributed by atoms with Gasteiger partial charge in [-0.1, -0.05) is 13.3 Å². The number of rotatable bonds is 6. The minimum absolute atomic E-state index is 0.786. The van der Waals surface area contributed by atoms with E-state index in [1.807, 2.05) is 0 Å². The fourth-order valence-corrected chi connectivity index (χ4v) is 2.92. The summed E-state index contributed by atoms with van der Waals surface area (Å²) in [5.41, 5.74) is 0. The highest BCUT2D eigenvalue weighted by atomic mass is 32.1. The molecule has 0 spiro atoms. The van der Waals surface area contributed by atoms with Crippen LogP contribution in [0, 0.1) is 11.8 Å². The van der Waals surface area contributed by atoms with Crippen LogP contribution in [-0.4, -0.2) is 55.8 Å². The third kappa shape index (κ3) is 5.07. The predicted molar refractivity (Wildman–Crippen MR) is 75.4 cm³/mol. The first-order chi connectivity index (χ1) is 7.65. The zero-order valence-corrected chi connectivity index (χ0v) is 12.0. The second-order valence-electron chi connectivity index (χ2n) is 5.46. The number of piperidine rings is 1. The van der Waals surface area contributed by atoms with Gasteiger partial charge in [-0.05, 0) is 57.6 Å². The number of nitrogens with zero attached hydrogens (tertiary/aromatic N) is 2. The fourth-order valence-electron chi connectivity index (χ4n) is 2.55. The highest BCUT2D eigenvalue weighted by Gasteiger charge is 2.20. The maximum absolute atomic E-state index is 4.42. The van der Waals surface area contributed by atoms with Gasteiger partial charge in [-0.15, -0.1) is 0 Å². The lowest BCUT2D eigenvalue weighted by molar-refractivity contribution is 0.147. The molecule has 0 aromatic heterocycles. The van der Waals surface area contributed by atoms with Gasteiger partial charge in [0.05, 0.1) is 0 Å². The van der Waals surface area contributed by atoms with E-state index < -0.39 is 0 Å². The summed E-state index contributed by atoms with van der Waals surface area (Å²) in [6, 6.07) is 0. The summed E-state index contributed by atoms with van der Waals surface area (Å²) >= 11 is 4.42. The first-order valence-electron chi connectivity index (χ1n) is 6.63.